The fourth-order valence-corrected chi connectivity index (χ4v) is 5.61. The van der Waals surface area contributed by atoms with Gasteiger partial charge in [-0.25, -0.2) is 9.97 Å². The average molecular weight is 348 g/mol. The number of thiazole rings is 2. The number of carboxylic acid groups (broad SMARTS) is 2. The Morgan fingerprint density at radius 3 is 1.70 bits per heavy atom. The van der Waals surface area contributed by atoms with Crippen LogP contribution in [0.2, 0.25) is 0 Å². The van der Waals surface area contributed by atoms with Gasteiger partial charge in [-0.15, -0.1) is 22.7 Å². The van der Waals surface area contributed by atoms with Crippen LogP contribution in [0.1, 0.15) is 9.75 Å². The van der Waals surface area contributed by atoms with Crippen molar-refractivity contribution < 1.29 is 19.8 Å². The van der Waals surface area contributed by atoms with Crippen molar-refractivity contribution in [3.63, 3.8) is 0 Å². The van der Waals surface area contributed by atoms with Gasteiger partial charge in [-0.05, 0) is 21.6 Å². The predicted molar refractivity (Wildman–Crippen MR) is 78.6 cm³/mol. The first-order valence-electron chi connectivity index (χ1n) is 5.20. The van der Waals surface area contributed by atoms with Crippen LogP contribution >= 0.6 is 44.3 Å². The van der Waals surface area contributed by atoms with E-state index in [0.717, 1.165) is 8.68 Å². The average Bonchev–Trinajstić information content (AvgIpc) is 2.94. The molecule has 2 aromatic heterocycles. The minimum absolute atomic E-state index is 0.0249. The van der Waals surface area contributed by atoms with Gasteiger partial charge in [0.1, 0.15) is 0 Å². The Balaban J connectivity index is 1.88. The largest absolute Gasteiger partial charge is 0.481 e. The lowest BCUT2D eigenvalue weighted by Gasteiger charge is -1.91. The molecule has 2 aromatic rings. The van der Waals surface area contributed by atoms with Crippen molar-refractivity contribution in [2.45, 2.75) is 21.5 Å². The van der Waals surface area contributed by atoms with Gasteiger partial charge >= 0.3 is 11.9 Å². The third kappa shape index (κ3) is 4.78. The molecule has 0 atom stereocenters. The van der Waals surface area contributed by atoms with E-state index in [1.807, 2.05) is 0 Å². The summed E-state index contributed by atoms with van der Waals surface area (Å²) in [6.07, 6.45) is 3.06. The maximum Gasteiger partial charge on any atom is 0.308 e. The number of nitrogens with zero attached hydrogens (tertiary/aromatic N) is 2. The Labute approximate surface area is 129 Å². The maximum atomic E-state index is 10.6. The van der Waals surface area contributed by atoms with Crippen LogP contribution in [0.25, 0.3) is 0 Å². The summed E-state index contributed by atoms with van der Waals surface area (Å²) in [7, 11) is 2.77. The molecule has 0 aliphatic heterocycles. The molecule has 2 N–H and O–H groups in total. The molecular weight excluding hydrogens is 340 g/mol. The van der Waals surface area contributed by atoms with Crippen LogP contribution in [-0.4, -0.2) is 32.1 Å². The topological polar surface area (TPSA) is 100 Å². The molecule has 0 radical (unpaired) electrons. The Morgan fingerprint density at radius 1 is 0.950 bits per heavy atom. The second-order valence-electron chi connectivity index (χ2n) is 3.49. The maximum absolute atomic E-state index is 10.6. The molecule has 10 heteroatoms. The van der Waals surface area contributed by atoms with Gasteiger partial charge in [-0.3, -0.25) is 9.59 Å². The van der Waals surface area contributed by atoms with Crippen LogP contribution < -0.4 is 0 Å². The molecule has 20 heavy (non-hydrogen) atoms. The third-order valence-electron chi connectivity index (χ3n) is 1.90. The third-order valence-corrected chi connectivity index (χ3v) is 6.89. The molecule has 0 aromatic carbocycles. The van der Waals surface area contributed by atoms with Crippen LogP contribution in [0.4, 0.5) is 0 Å². The lowest BCUT2D eigenvalue weighted by Crippen LogP contribution is -1.97. The number of aromatic nitrogens is 2. The van der Waals surface area contributed by atoms with Crippen LogP contribution in [0, 0.1) is 0 Å². The molecular formula is C10H8N2O4S4. The zero-order chi connectivity index (χ0) is 14.5. The fourth-order valence-electron chi connectivity index (χ4n) is 1.19. The van der Waals surface area contributed by atoms with E-state index >= 15 is 0 Å². The SMILES string of the molecule is O=C(O)Cc1cnc(SSc2ncc(CC(=O)O)s2)s1. The first-order valence-corrected chi connectivity index (χ1v) is 8.98. The summed E-state index contributed by atoms with van der Waals surface area (Å²) in [6, 6.07) is 0. The van der Waals surface area contributed by atoms with Crippen molar-refractivity contribution in [3.05, 3.63) is 22.1 Å². The molecule has 0 fully saturated rings. The summed E-state index contributed by atoms with van der Waals surface area (Å²) >= 11 is 2.66. The molecule has 2 heterocycles. The summed E-state index contributed by atoms with van der Waals surface area (Å²) in [5, 5.41) is 17.3. The monoisotopic (exact) mass is 348 g/mol. The molecule has 0 saturated heterocycles. The molecule has 0 bridgehead atoms. The number of carbonyl (C=O) groups is 2. The number of aliphatic carboxylic acids is 2. The van der Waals surface area contributed by atoms with Crippen molar-refractivity contribution >= 4 is 56.2 Å². The molecule has 0 spiro atoms. The Kier molecular flexibility index (Phi) is 5.40. The number of carboxylic acids is 2. The highest BCUT2D eigenvalue weighted by Gasteiger charge is 2.10. The van der Waals surface area contributed by atoms with Gasteiger partial charge in [-0.1, -0.05) is 0 Å². The van der Waals surface area contributed by atoms with E-state index in [1.165, 1.54) is 44.3 Å². The van der Waals surface area contributed by atoms with E-state index < -0.39 is 11.9 Å². The fraction of sp³-hybridized carbons (Fsp3) is 0.200. The lowest BCUT2D eigenvalue weighted by molar-refractivity contribution is -0.137. The van der Waals surface area contributed by atoms with Gasteiger partial charge in [0, 0.05) is 22.1 Å². The molecule has 0 aliphatic carbocycles. The van der Waals surface area contributed by atoms with Crippen molar-refractivity contribution in [1.29, 1.82) is 0 Å². The standard InChI is InChI=1S/C10H8N2O4S4/c13-7(14)1-5-3-11-9(17-5)19-20-10-12-4-6(18-10)2-8(15)16/h3-4H,1-2H2,(H,13,14)(H,15,16). The van der Waals surface area contributed by atoms with Crippen LogP contribution in [-0.2, 0) is 22.4 Å². The zero-order valence-electron chi connectivity index (χ0n) is 9.81. The van der Waals surface area contributed by atoms with Gasteiger partial charge < -0.3 is 10.2 Å². The highest BCUT2D eigenvalue weighted by molar-refractivity contribution is 8.77. The highest BCUT2D eigenvalue weighted by atomic mass is 33.1. The van der Waals surface area contributed by atoms with Gasteiger partial charge in [0.15, 0.2) is 8.68 Å². The van der Waals surface area contributed by atoms with E-state index in [2.05, 4.69) is 9.97 Å². The molecule has 0 saturated carbocycles. The Morgan fingerprint density at radius 2 is 1.35 bits per heavy atom. The lowest BCUT2D eigenvalue weighted by atomic mass is 10.4. The van der Waals surface area contributed by atoms with Crippen LogP contribution in [0.3, 0.4) is 0 Å². The van der Waals surface area contributed by atoms with E-state index in [9.17, 15) is 9.59 Å². The van der Waals surface area contributed by atoms with Gasteiger partial charge in [0.05, 0.1) is 12.8 Å². The molecule has 106 valence electrons. The molecule has 2 rings (SSSR count). The number of rotatable bonds is 7. The second-order valence-corrected chi connectivity index (χ2v) is 8.35. The predicted octanol–water partition coefficient (Wildman–Crippen LogP) is 2.65. The summed E-state index contributed by atoms with van der Waals surface area (Å²) in [5.74, 6) is -1.76. The highest BCUT2D eigenvalue weighted by Crippen LogP contribution is 2.40. The summed E-state index contributed by atoms with van der Waals surface area (Å²) in [5.41, 5.74) is 0. The normalized spacial score (nSPS) is 10.6. The number of hydrogen-bond donors (Lipinski definition) is 2. The van der Waals surface area contributed by atoms with Crippen molar-refractivity contribution in [3.8, 4) is 0 Å². The van der Waals surface area contributed by atoms with E-state index in [0.29, 0.717) is 9.75 Å². The van der Waals surface area contributed by atoms with E-state index in [4.69, 9.17) is 10.2 Å². The van der Waals surface area contributed by atoms with Crippen molar-refractivity contribution in [2.24, 2.45) is 0 Å². The van der Waals surface area contributed by atoms with E-state index in [1.54, 1.807) is 12.4 Å². The van der Waals surface area contributed by atoms with Gasteiger partial charge in [-0.2, -0.15) is 0 Å². The quantitative estimate of drug-likeness (QED) is 0.737. The molecule has 0 aliphatic rings. The van der Waals surface area contributed by atoms with Gasteiger partial charge in [0.25, 0.3) is 0 Å². The summed E-state index contributed by atoms with van der Waals surface area (Å²) in [6.45, 7) is 0. The first-order chi connectivity index (χ1) is 9.52. The van der Waals surface area contributed by atoms with Crippen LogP contribution in [0.15, 0.2) is 21.1 Å². The minimum Gasteiger partial charge on any atom is -0.481 e. The Hall–Kier alpha value is -1.10. The molecule has 6 nitrogen and oxygen atoms in total. The van der Waals surface area contributed by atoms with Crippen molar-refractivity contribution in [1.82, 2.24) is 9.97 Å². The first kappa shape index (κ1) is 15.3. The number of hydrogen-bond acceptors (Lipinski definition) is 8. The second kappa shape index (κ2) is 7.07. The summed E-state index contributed by atoms with van der Waals surface area (Å²) in [4.78, 5) is 30.8. The smallest absolute Gasteiger partial charge is 0.308 e. The summed E-state index contributed by atoms with van der Waals surface area (Å²) < 4.78 is 1.50. The molecule has 0 unspecified atom stereocenters. The van der Waals surface area contributed by atoms with Crippen molar-refractivity contribution in [2.75, 3.05) is 0 Å². The van der Waals surface area contributed by atoms with Gasteiger partial charge in [0.2, 0.25) is 0 Å². The minimum atomic E-state index is -0.879. The zero-order valence-corrected chi connectivity index (χ0v) is 13.1. The van der Waals surface area contributed by atoms with E-state index in [-0.39, 0.29) is 12.8 Å². The Bertz CT molecular complexity index is 570. The molecule has 0 amide bonds. The van der Waals surface area contributed by atoms with Crippen LogP contribution in [0.5, 0.6) is 0 Å².